The Bertz CT molecular complexity index is 1470. The van der Waals surface area contributed by atoms with Crippen LogP contribution in [0.3, 0.4) is 0 Å². The Morgan fingerprint density at radius 2 is 1.83 bits per heavy atom. The van der Waals surface area contributed by atoms with Crippen molar-refractivity contribution in [2.75, 3.05) is 5.32 Å². The normalized spacial score (nSPS) is 11.7. The molecule has 2 N–H and O–H groups in total. The van der Waals surface area contributed by atoms with Crippen molar-refractivity contribution in [2.45, 2.75) is 32.4 Å². The summed E-state index contributed by atoms with van der Waals surface area (Å²) in [5, 5.41) is 16.7. The molecule has 1 heterocycles. The zero-order chi connectivity index (χ0) is 25.7. The lowest BCUT2D eigenvalue weighted by Crippen LogP contribution is -2.27. The monoisotopic (exact) mass is 488 g/mol. The molecule has 0 bridgehead atoms. The van der Waals surface area contributed by atoms with Crippen LogP contribution < -0.4 is 16.4 Å². The number of non-ortho nitro benzene ring substituents is 1. The SMILES string of the molecule is CC(NC(=O)CCCn1c(=O)oc2cc([N+](=O)[O-])ccc21)c1cccc(NC(=O)c2ccccc2)c1. The number of nitrogens with zero attached hydrogens (tertiary/aromatic N) is 2. The van der Waals surface area contributed by atoms with Crippen LogP contribution in [-0.2, 0) is 11.3 Å². The standard InChI is InChI=1S/C26H24N4O6/c1-17(19-9-5-10-20(15-19)28-25(32)18-7-3-2-4-8-18)27-24(31)11-6-14-29-22-13-12-21(30(34)35)16-23(22)36-26(29)33/h2-5,7-10,12-13,15-17H,6,11,14H2,1H3,(H,27,31)(H,28,32). The van der Waals surface area contributed by atoms with Gasteiger partial charge in [0, 0.05) is 30.3 Å². The quantitative estimate of drug-likeness (QED) is 0.264. The van der Waals surface area contributed by atoms with Gasteiger partial charge in [-0.15, -0.1) is 0 Å². The molecular formula is C26H24N4O6. The summed E-state index contributed by atoms with van der Waals surface area (Å²) in [6.07, 6.45) is 0.540. The largest absolute Gasteiger partial charge is 0.419 e. The van der Waals surface area contributed by atoms with Crippen molar-refractivity contribution in [3.05, 3.63) is 105 Å². The molecule has 4 aromatic rings. The van der Waals surface area contributed by atoms with Gasteiger partial charge in [-0.2, -0.15) is 0 Å². The molecule has 0 saturated carbocycles. The van der Waals surface area contributed by atoms with Gasteiger partial charge in [-0.25, -0.2) is 4.79 Å². The molecule has 0 radical (unpaired) electrons. The minimum atomic E-state index is -0.631. The fourth-order valence-electron chi connectivity index (χ4n) is 3.85. The lowest BCUT2D eigenvalue weighted by molar-refractivity contribution is -0.384. The third kappa shape index (κ3) is 5.66. The summed E-state index contributed by atoms with van der Waals surface area (Å²) >= 11 is 0. The minimum Gasteiger partial charge on any atom is -0.407 e. The Morgan fingerprint density at radius 1 is 1.06 bits per heavy atom. The second-order valence-electron chi connectivity index (χ2n) is 8.27. The Morgan fingerprint density at radius 3 is 2.58 bits per heavy atom. The van der Waals surface area contributed by atoms with Crippen molar-refractivity contribution in [3.8, 4) is 0 Å². The van der Waals surface area contributed by atoms with Gasteiger partial charge in [-0.3, -0.25) is 24.3 Å². The van der Waals surface area contributed by atoms with Crippen LogP contribution in [0.4, 0.5) is 11.4 Å². The van der Waals surface area contributed by atoms with Crippen LogP contribution in [0.5, 0.6) is 0 Å². The number of carbonyl (C=O) groups excluding carboxylic acids is 2. The van der Waals surface area contributed by atoms with Crippen LogP contribution in [0.1, 0.15) is 41.7 Å². The van der Waals surface area contributed by atoms with Gasteiger partial charge in [-0.05, 0) is 49.2 Å². The highest BCUT2D eigenvalue weighted by molar-refractivity contribution is 6.04. The number of rotatable bonds is 9. The average molecular weight is 489 g/mol. The van der Waals surface area contributed by atoms with E-state index in [2.05, 4.69) is 10.6 Å². The van der Waals surface area contributed by atoms with Gasteiger partial charge >= 0.3 is 5.76 Å². The molecule has 1 aromatic heterocycles. The summed E-state index contributed by atoms with van der Waals surface area (Å²) in [6, 6.07) is 19.8. The highest BCUT2D eigenvalue weighted by atomic mass is 16.6. The topological polar surface area (TPSA) is 136 Å². The second-order valence-corrected chi connectivity index (χ2v) is 8.27. The van der Waals surface area contributed by atoms with E-state index in [0.29, 0.717) is 23.2 Å². The van der Waals surface area contributed by atoms with E-state index in [-0.39, 0.29) is 42.1 Å². The van der Waals surface area contributed by atoms with Gasteiger partial charge < -0.3 is 15.1 Å². The Kier molecular flexibility index (Phi) is 7.24. The molecule has 0 aliphatic heterocycles. The number of carbonyl (C=O) groups is 2. The van der Waals surface area contributed by atoms with Crippen LogP contribution >= 0.6 is 0 Å². The van der Waals surface area contributed by atoms with E-state index < -0.39 is 10.7 Å². The third-order valence-corrected chi connectivity index (χ3v) is 5.71. The summed E-state index contributed by atoms with van der Waals surface area (Å²) < 4.78 is 6.46. The summed E-state index contributed by atoms with van der Waals surface area (Å²) in [5.74, 6) is -1.05. The first-order chi connectivity index (χ1) is 17.3. The highest BCUT2D eigenvalue weighted by Crippen LogP contribution is 2.21. The molecule has 4 rings (SSSR count). The number of hydrogen-bond acceptors (Lipinski definition) is 6. The van der Waals surface area contributed by atoms with E-state index >= 15 is 0 Å². The van der Waals surface area contributed by atoms with Crippen LogP contribution in [0.25, 0.3) is 11.1 Å². The molecule has 1 atom stereocenters. The van der Waals surface area contributed by atoms with Gasteiger partial charge in [0.2, 0.25) is 5.91 Å². The number of nitro benzene ring substituents is 1. The van der Waals surface area contributed by atoms with Gasteiger partial charge in [0.15, 0.2) is 5.58 Å². The molecular weight excluding hydrogens is 464 g/mol. The summed E-state index contributed by atoms with van der Waals surface area (Å²) in [6.45, 7) is 2.07. The van der Waals surface area contributed by atoms with E-state index in [1.54, 1.807) is 36.4 Å². The highest BCUT2D eigenvalue weighted by Gasteiger charge is 2.15. The number of anilines is 1. The van der Waals surface area contributed by atoms with E-state index in [1.807, 2.05) is 25.1 Å². The minimum absolute atomic E-state index is 0.131. The molecule has 0 saturated heterocycles. The van der Waals surface area contributed by atoms with Gasteiger partial charge in [0.05, 0.1) is 22.5 Å². The maximum absolute atomic E-state index is 12.5. The summed E-state index contributed by atoms with van der Waals surface area (Å²) in [5.41, 5.74) is 2.40. The second kappa shape index (κ2) is 10.7. The Labute approximate surface area is 205 Å². The number of aryl methyl sites for hydroxylation is 1. The molecule has 0 fully saturated rings. The zero-order valence-electron chi connectivity index (χ0n) is 19.5. The third-order valence-electron chi connectivity index (χ3n) is 5.71. The van der Waals surface area contributed by atoms with Crippen LogP contribution in [0.15, 0.2) is 82.0 Å². The van der Waals surface area contributed by atoms with Crippen molar-refractivity contribution in [3.63, 3.8) is 0 Å². The molecule has 3 aromatic carbocycles. The number of hydrogen-bond donors (Lipinski definition) is 2. The number of oxazole rings is 1. The fraction of sp³-hybridized carbons (Fsp3) is 0.192. The molecule has 0 aliphatic carbocycles. The maximum atomic E-state index is 12.5. The fourth-order valence-corrected chi connectivity index (χ4v) is 3.85. The molecule has 2 amide bonds. The Hall–Kier alpha value is -4.73. The van der Waals surface area contributed by atoms with E-state index in [1.165, 1.54) is 22.8 Å². The lowest BCUT2D eigenvalue weighted by Gasteiger charge is -2.16. The first kappa shape index (κ1) is 24.4. The number of nitrogens with one attached hydrogen (secondary N) is 2. The van der Waals surface area contributed by atoms with Crippen molar-refractivity contribution in [1.82, 2.24) is 9.88 Å². The molecule has 0 aliphatic rings. The smallest absolute Gasteiger partial charge is 0.407 e. The van der Waals surface area contributed by atoms with E-state index in [0.717, 1.165) is 5.56 Å². The first-order valence-corrected chi connectivity index (χ1v) is 11.4. The van der Waals surface area contributed by atoms with Crippen molar-refractivity contribution in [2.24, 2.45) is 0 Å². The van der Waals surface area contributed by atoms with Crippen LogP contribution in [0.2, 0.25) is 0 Å². The molecule has 184 valence electrons. The molecule has 10 heteroatoms. The zero-order valence-corrected chi connectivity index (χ0v) is 19.5. The van der Waals surface area contributed by atoms with E-state index in [9.17, 15) is 24.5 Å². The van der Waals surface area contributed by atoms with Crippen molar-refractivity contribution in [1.29, 1.82) is 0 Å². The van der Waals surface area contributed by atoms with Gasteiger partial charge in [0.1, 0.15) is 0 Å². The number of fused-ring (bicyclic) bond motifs is 1. The number of amides is 2. The molecule has 0 spiro atoms. The van der Waals surface area contributed by atoms with Gasteiger partial charge in [-0.1, -0.05) is 30.3 Å². The number of benzene rings is 3. The maximum Gasteiger partial charge on any atom is 0.419 e. The number of aromatic nitrogens is 1. The van der Waals surface area contributed by atoms with Crippen LogP contribution in [-0.4, -0.2) is 21.3 Å². The lowest BCUT2D eigenvalue weighted by atomic mass is 10.1. The van der Waals surface area contributed by atoms with Crippen molar-refractivity contribution >= 4 is 34.3 Å². The predicted molar refractivity (Wildman–Crippen MR) is 134 cm³/mol. The average Bonchev–Trinajstić information content (AvgIpc) is 3.18. The Balaban J connectivity index is 1.32. The van der Waals surface area contributed by atoms with Gasteiger partial charge in [0.25, 0.3) is 11.6 Å². The number of nitro groups is 1. The van der Waals surface area contributed by atoms with Crippen LogP contribution in [0, 0.1) is 10.1 Å². The summed E-state index contributed by atoms with van der Waals surface area (Å²) in [4.78, 5) is 47.4. The molecule has 10 nitrogen and oxygen atoms in total. The summed E-state index contributed by atoms with van der Waals surface area (Å²) in [7, 11) is 0. The van der Waals surface area contributed by atoms with Crippen molar-refractivity contribution < 1.29 is 18.9 Å². The van der Waals surface area contributed by atoms with E-state index in [4.69, 9.17) is 4.42 Å². The molecule has 1 unspecified atom stereocenters. The predicted octanol–water partition coefficient (Wildman–Crippen LogP) is 4.41. The first-order valence-electron chi connectivity index (χ1n) is 11.4. The molecule has 36 heavy (non-hydrogen) atoms.